The average Bonchev–Trinajstić information content (AvgIpc) is 2.79. The Morgan fingerprint density at radius 2 is 1.76 bits per heavy atom. The fourth-order valence-electron chi connectivity index (χ4n) is 4.15. The summed E-state index contributed by atoms with van der Waals surface area (Å²) in [5, 5.41) is 18.1. The minimum atomic E-state index is -0.558. The van der Waals surface area contributed by atoms with E-state index in [9.17, 15) is 9.90 Å². The maximum atomic E-state index is 12.1. The molecule has 3 aromatic rings. The van der Waals surface area contributed by atoms with Crippen LogP contribution >= 0.6 is 0 Å². The van der Waals surface area contributed by atoms with E-state index in [0.29, 0.717) is 0 Å². The summed E-state index contributed by atoms with van der Waals surface area (Å²) in [5.41, 5.74) is 4.30. The number of benzene rings is 2. The number of piperazine rings is 1. The summed E-state index contributed by atoms with van der Waals surface area (Å²) in [6.07, 6.45) is 0. The van der Waals surface area contributed by atoms with Gasteiger partial charge in [-0.2, -0.15) is 0 Å². The van der Waals surface area contributed by atoms with Gasteiger partial charge in [0.25, 0.3) is 0 Å². The highest BCUT2D eigenvalue weighted by molar-refractivity contribution is 5.87. The van der Waals surface area contributed by atoms with Crippen molar-refractivity contribution in [2.75, 3.05) is 31.1 Å². The molecule has 1 aromatic heterocycles. The number of hydrogen-bond acceptors (Lipinski definition) is 7. The number of carbonyl (C=O) groups is 1. The van der Waals surface area contributed by atoms with E-state index >= 15 is 0 Å². The Labute approximate surface area is 201 Å². The van der Waals surface area contributed by atoms with Gasteiger partial charge in [0.15, 0.2) is 11.5 Å². The van der Waals surface area contributed by atoms with E-state index in [1.807, 2.05) is 39.0 Å². The number of anilines is 1. The van der Waals surface area contributed by atoms with Crippen LogP contribution in [0.3, 0.4) is 0 Å². The van der Waals surface area contributed by atoms with Gasteiger partial charge in [-0.25, -0.2) is 4.79 Å². The zero-order valence-electron chi connectivity index (χ0n) is 20.3. The minimum absolute atomic E-state index is 0.224. The van der Waals surface area contributed by atoms with Crippen LogP contribution in [0.25, 0.3) is 11.1 Å². The Morgan fingerprint density at radius 3 is 2.38 bits per heavy atom. The predicted molar refractivity (Wildman–Crippen MR) is 133 cm³/mol. The molecule has 0 amide bonds. The molecule has 1 aliphatic rings. The van der Waals surface area contributed by atoms with Gasteiger partial charge in [-0.15, -0.1) is 10.2 Å². The first-order chi connectivity index (χ1) is 16.2. The second-order valence-electron chi connectivity index (χ2n) is 9.74. The average molecular weight is 461 g/mol. The molecule has 1 N–H and O–H groups in total. The number of aryl methyl sites for hydroxylation is 1. The van der Waals surface area contributed by atoms with Gasteiger partial charge in [0.05, 0.1) is 0 Å². The summed E-state index contributed by atoms with van der Waals surface area (Å²) in [5.74, 6) is 0.600. The molecule has 0 aliphatic carbocycles. The Kier molecular flexibility index (Phi) is 6.84. The summed E-state index contributed by atoms with van der Waals surface area (Å²) >= 11 is 0. The minimum Gasteiger partial charge on any atom is -0.508 e. The molecule has 1 saturated heterocycles. The molecule has 1 aliphatic heterocycles. The largest absolute Gasteiger partial charge is 0.508 e. The van der Waals surface area contributed by atoms with Gasteiger partial charge in [0.1, 0.15) is 11.4 Å². The number of phenols is 1. The van der Waals surface area contributed by atoms with Gasteiger partial charge < -0.3 is 14.7 Å². The quantitative estimate of drug-likeness (QED) is 0.564. The molecule has 34 heavy (non-hydrogen) atoms. The van der Waals surface area contributed by atoms with Gasteiger partial charge in [0.2, 0.25) is 0 Å². The van der Waals surface area contributed by atoms with Gasteiger partial charge in [-0.1, -0.05) is 30.3 Å². The van der Waals surface area contributed by atoms with Crippen LogP contribution in [0.5, 0.6) is 5.75 Å². The molecule has 0 spiro atoms. The molecule has 7 nitrogen and oxygen atoms in total. The Morgan fingerprint density at radius 1 is 1.00 bits per heavy atom. The van der Waals surface area contributed by atoms with Gasteiger partial charge in [-0.3, -0.25) is 4.90 Å². The first-order valence-electron chi connectivity index (χ1n) is 11.6. The third-order valence-corrected chi connectivity index (χ3v) is 5.81. The number of carbonyl (C=O) groups excluding carboxylic acids is 1. The van der Waals surface area contributed by atoms with Crippen molar-refractivity contribution >= 4 is 11.8 Å². The Hall–Kier alpha value is -3.45. The number of aromatic hydroxyl groups is 1. The molecule has 2 heterocycles. The monoisotopic (exact) mass is 460 g/mol. The van der Waals surface area contributed by atoms with E-state index in [1.54, 1.807) is 18.2 Å². The molecule has 0 bridgehead atoms. The molecule has 178 valence electrons. The molecule has 0 radical (unpaired) electrons. The predicted octanol–water partition coefficient (Wildman–Crippen LogP) is 4.44. The second kappa shape index (κ2) is 9.81. The molecule has 2 aromatic carbocycles. The van der Waals surface area contributed by atoms with Crippen molar-refractivity contribution in [2.24, 2.45) is 0 Å². The van der Waals surface area contributed by atoms with Crippen LogP contribution in [-0.4, -0.2) is 58.0 Å². The molecule has 4 rings (SSSR count). The van der Waals surface area contributed by atoms with Crippen LogP contribution in [0.1, 0.15) is 42.4 Å². The normalized spacial score (nSPS) is 14.8. The second-order valence-corrected chi connectivity index (χ2v) is 9.74. The van der Waals surface area contributed by atoms with Crippen LogP contribution in [0.15, 0.2) is 54.6 Å². The van der Waals surface area contributed by atoms with Crippen molar-refractivity contribution < 1.29 is 14.6 Å². The van der Waals surface area contributed by atoms with E-state index in [2.05, 4.69) is 45.1 Å². The van der Waals surface area contributed by atoms with Crippen LogP contribution in [0.4, 0.5) is 5.82 Å². The Bertz CT molecular complexity index is 1150. The standard InChI is InChI=1S/C27H32N4O3/c1-19-16-20(8-9-23(19)21-6-5-7-22(32)17-21)18-30-12-14-31(15-13-30)25-11-10-24(28-29-25)26(33)34-27(2,3)4/h5-11,16-17,32H,12-15,18H2,1-4H3. The highest BCUT2D eigenvalue weighted by Gasteiger charge is 2.22. The van der Waals surface area contributed by atoms with E-state index in [-0.39, 0.29) is 11.4 Å². The van der Waals surface area contributed by atoms with Crippen molar-refractivity contribution in [3.05, 3.63) is 71.4 Å². The lowest BCUT2D eigenvalue weighted by Crippen LogP contribution is -2.46. The SMILES string of the molecule is Cc1cc(CN2CCN(c3ccc(C(=O)OC(C)(C)C)nn3)CC2)ccc1-c1cccc(O)c1. The summed E-state index contributed by atoms with van der Waals surface area (Å²) in [4.78, 5) is 16.8. The summed E-state index contributed by atoms with van der Waals surface area (Å²) in [6, 6.07) is 17.4. The fourth-order valence-corrected chi connectivity index (χ4v) is 4.15. The number of esters is 1. The molecule has 0 unspecified atom stereocenters. The third-order valence-electron chi connectivity index (χ3n) is 5.81. The highest BCUT2D eigenvalue weighted by Crippen LogP contribution is 2.27. The first kappa shape index (κ1) is 23.7. The molecular weight excluding hydrogens is 428 g/mol. The van der Waals surface area contributed by atoms with Crippen LogP contribution < -0.4 is 4.90 Å². The smallest absolute Gasteiger partial charge is 0.359 e. The molecule has 0 atom stereocenters. The topological polar surface area (TPSA) is 78.8 Å². The fraction of sp³-hybridized carbons (Fsp3) is 0.370. The summed E-state index contributed by atoms with van der Waals surface area (Å²) < 4.78 is 5.35. The summed E-state index contributed by atoms with van der Waals surface area (Å²) in [6.45, 7) is 12.0. The number of hydrogen-bond donors (Lipinski definition) is 1. The molecular formula is C27H32N4O3. The van der Waals surface area contributed by atoms with Gasteiger partial charge in [-0.05, 0) is 74.2 Å². The number of nitrogens with zero attached hydrogens (tertiary/aromatic N) is 4. The van der Waals surface area contributed by atoms with E-state index in [1.165, 1.54) is 11.1 Å². The Balaban J connectivity index is 1.33. The molecule has 7 heteroatoms. The zero-order valence-corrected chi connectivity index (χ0v) is 20.3. The third kappa shape index (κ3) is 5.91. The maximum Gasteiger partial charge on any atom is 0.359 e. The van der Waals surface area contributed by atoms with E-state index < -0.39 is 11.6 Å². The molecule has 0 saturated carbocycles. The lowest BCUT2D eigenvalue weighted by Gasteiger charge is -2.35. The van der Waals surface area contributed by atoms with Crippen LogP contribution in [0, 0.1) is 6.92 Å². The van der Waals surface area contributed by atoms with Crippen LogP contribution in [0.2, 0.25) is 0 Å². The lowest BCUT2D eigenvalue weighted by atomic mass is 9.98. The molecule has 1 fully saturated rings. The highest BCUT2D eigenvalue weighted by atomic mass is 16.6. The van der Waals surface area contributed by atoms with Crippen LogP contribution in [-0.2, 0) is 11.3 Å². The van der Waals surface area contributed by atoms with E-state index in [4.69, 9.17) is 4.74 Å². The summed E-state index contributed by atoms with van der Waals surface area (Å²) in [7, 11) is 0. The number of ether oxygens (including phenoxy) is 1. The first-order valence-corrected chi connectivity index (χ1v) is 11.6. The van der Waals surface area contributed by atoms with Crippen molar-refractivity contribution in [3.63, 3.8) is 0 Å². The van der Waals surface area contributed by atoms with Crippen molar-refractivity contribution in [3.8, 4) is 16.9 Å². The number of aromatic nitrogens is 2. The number of rotatable bonds is 5. The van der Waals surface area contributed by atoms with Crippen molar-refractivity contribution in [1.82, 2.24) is 15.1 Å². The van der Waals surface area contributed by atoms with Gasteiger partial charge in [0, 0.05) is 32.7 Å². The maximum absolute atomic E-state index is 12.1. The van der Waals surface area contributed by atoms with Gasteiger partial charge >= 0.3 is 5.97 Å². The van der Waals surface area contributed by atoms with Crippen molar-refractivity contribution in [2.45, 2.75) is 39.8 Å². The van der Waals surface area contributed by atoms with E-state index in [0.717, 1.165) is 49.7 Å². The van der Waals surface area contributed by atoms with Crippen molar-refractivity contribution in [1.29, 1.82) is 0 Å². The number of phenolic OH excluding ortho intramolecular Hbond substituents is 1. The lowest BCUT2D eigenvalue weighted by molar-refractivity contribution is 0.00616. The zero-order chi connectivity index (χ0) is 24.3.